The second-order valence-electron chi connectivity index (χ2n) is 6.79. The van der Waals surface area contributed by atoms with Crippen LogP contribution in [0.2, 0.25) is 0 Å². The summed E-state index contributed by atoms with van der Waals surface area (Å²) in [5.41, 5.74) is 0.270. The van der Waals surface area contributed by atoms with Gasteiger partial charge in [0, 0.05) is 6.54 Å². The number of aromatic nitrogens is 2. The van der Waals surface area contributed by atoms with E-state index in [1.807, 2.05) is 6.07 Å². The minimum absolute atomic E-state index is 0.00831. The Morgan fingerprint density at radius 3 is 2.81 bits per heavy atom. The molecule has 1 aromatic heterocycles. The Kier molecular flexibility index (Phi) is 5.77. The summed E-state index contributed by atoms with van der Waals surface area (Å²) in [4.78, 5) is 12.5. The van der Waals surface area contributed by atoms with E-state index in [0.29, 0.717) is 24.4 Å². The standard InChI is InChI=1S/C20H16FN5O3S2/c21-15-7-1-2-8-16(15)23-18(27)20-25-24-19(30-20)17-9-4-10-26(17)31(28,29)14-6-3-5-13(11-14)12-22/h1-3,5-8,11,17H,4,9-10H2,(H,23,27). The first-order chi connectivity index (χ1) is 14.9. The van der Waals surface area contributed by atoms with Gasteiger partial charge in [-0.3, -0.25) is 4.79 Å². The molecule has 158 valence electrons. The molecule has 2 aromatic carbocycles. The van der Waals surface area contributed by atoms with Gasteiger partial charge < -0.3 is 5.32 Å². The third-order valence-corrected chi connectivity index (χ3v) is 7.74. The third kappa shape index (κ3) is 4.18. The minimum atomic E-state index is -3.86. The SMILES string of the molecule is N#Cc1cccc(S(=O)(=O)N2CCCC2c2nnc(C(=O)Nc3ccccc3F)s2)c1. The first kappa shape index (κ1) is 21.0. The Labute approximate surface area is 182 Å². The molecule has 1 amide bonds. The fourth-order valence-electron chi connectivity index (χ4n) is 3.34. The van der Waals surface area contributed by atoms with Crippen molar-refractivity contribution in [3.05, 3.63) is 69.9 Å². The zero-order chi connectivity index (χ0) is 22.0. The molecule has 1 fully saturated rings. The number of nitriles is 1. The molecule has 0 bridgehead atoms. The van der Waals surface area contributed by atoms with Crippen LogP contribution in [0.3, 0.4) is 0 Å². The normalized spacial score (nSPS) is 16.7. The van der Waals surface area contributed by atoms with E-state index >= 15 is 0 Å². The Hall–Kier alpha value is -3.20. The molecular formula is C20H16FN5O3S2. The first-order valence-electron chi connectivity index (χ1n) is 9.31. The predicted octanol–water partition coefficient (Wildman–Crippen LogP) is 3.33. The van der Waals surface area contributed by atoms with Crippen LogP contribution in [0.15, 0.2) is 53.4 Å². The number of hydrogen-bond acceptors (Lipinski definition) is 7. The predicted molar refractivity (Wildman–Crippen MR) is 111 cm³/mol. The lowest BCUT2D eigenvalue weighted by atomic mass is 10.2. The number of anilines is 1. The molecule has 1 aliphatic rings. The number of sulfonamides is 1. The van der Waals surface area contributed by atoms with Crippen molar-refractivity contribution in [2.45, 2.75) is 23.8 Å². The van der Waals surface area contributed by atoms with E-state index in [0.717, 1.165) is 11.3 Å². The van der Waals surface area contributed by atoms with Gasteiger partial charge in [0.2, 0.25) is 15.0 Å². The summed E-state index contributed by atoms with van der Waals surface area (Å²) in [6.45, 7) is 0.292. The van der Waals surface area contributed by atoms with Crippen LogP contribution in [0.4, 0.5) is 10.1 Å². The highest BCUT2D eigenvalue weighted by Gasteiger charge is 2.38. The monoisotopic (exact) mass is 457 g/mol. The molecule has 31 heavy (non-hydrogen) atoms. The van der Waals surface area contributed by atoms with Crippen molar-refractivity contribution in [1.29, 1.82) is 5.26 Å². The van der Waals surface area contributed by atoms with E-state index in [9.17, 15) is 17.6 Å². The minimum Gasteiger partial charge on any atom is -0.317 e. The lowest BCUT2D eigenvalue weighted by molar-refractivity contribution is 0.102. The average Bonchev–Trinajstić information content (AvgIpc) is 3.45. The molecule has 0 spiro atoms. The summed E-state index contributed by atoms with van der Waals surface area (Å²) in [6, 6.07) is 13.0. The number of carbonyl (C=O) groups excluding carboxylic acids is 1. The van der Waals surface area contributed by atoms with E-state index in [4.69, 9.17) is 5.26 Å². The summed E-state index contributed by atoms with van der Waals surface area (Å²) < 4.78 is 41.4. The Morgan fingerprint density at radius 1 is 1.23 bits per heavy atom. The molecule has 4 rings (SSSR count). The van der Waals surface area contributed by atoms with Crippen LogP contribution in [0, 0.1) is 17.1 Å². The maximum absolute atomic E-state index is 13.8. The molecule has 1 saturated heterocycles. The van der Waals surface area contributed by atoms with Crippen LogP contribution in [0.5, 0.6) is 0 Å². The fourth-order valence-corrected chi connectivity index (χ4v) is 6.00. The molecule has 0 aliphatic carbocycles. The highest BCUT2D eigenvalue weighted by molar-refractivity contribution is 7.89. The highest BCUT2D eigenvalue weighted by atomic mass is 32.2. The number of para-hydroxylation sites is 1. The van der Waals surface area contributed by atoms with Crippen LogP contribution in [-0.2, 0) is 10.0 Å². The van der Waals surface area contributed by atoms with Crippen LogP contribution in [-0.4, -0.2) is 35.4 Å². The first-order valence-corrected chi connectivity index (χ1v) is 11.6. The number of carbonyl (C=O) groups is 1. The van der Waals surface area contributed by atoms with Gasteiger partial charge >= 0.3 is 0 Å². The maximum atomic E-state index is 13.8. The van der Waals surface area contributed by atoms with Gasteiger partial charge in [0.25, 0.3) is 5.91 Å². The molecule has 3 aromatic rings. The van der Waals surface area contributed by atoms with E-state index in [1.165, 1.54) is 46.8 Å². The summed E-state index contributed by atoms with van der Waals surface area (Å²) in [5, 5.41) is 19.8. The largest absolute Gasteiger partial charge is 0.317 e. The molecule has 11 heteroatoms. The van der Waals surface area contributed by atoms with Crippen molar-refractivity contribution in [3.8, 4) is 6.07 Å². The van der Waals surface area contributed by atoms with Crippen molar-refractivity contribution < 1.29 is 17.6 Å². The molecule has 0 radical (unpaired) electrons. The summed E-state index contributed by atoms with van der Waals surface area (Å²) in [7, 11) is -3.86. The Morgan fingerprint density at radius 2 is 2.03 bits per heavy atom. The molecule has 1 unspecified atom stereocenters. The van der Waals surface area contributed by atoms with E-state index in [2.05, 4.69) is 15.5 Å². The fraction of sp³-hybridized carbons (Fsp3) is 0.200. The van der Waals surface area contributed by atoms with Crippen LogP contribution in [0.25, 0.3) is 0 Å². The summed E-state index contributed by atoms with van der Waals surface area (Å²) >= 11 is 0.971. The van der Waals surface area contributed by atoms with E-state index in [1.54, 1.807) is 6.07 Å². The number of benzene rings is 2. The van der Waals surface area contributed by atoms with Crippen molar-refractivity contribution in [3.63, 3.8) is 0 Å². The second kappa shape index (κ2) is 8.50. The van der Waals surface area contributed by atoms with Gasteiger partial charge in [-0.1, -0.05) is 29.5 Å². The Bertz CT molecular complexity index is 1290. The number of amides is 1. The molecule has 1 N–H and O–H groups in total. The van der Waals surface area contributed by atoms with Crippen molar-refractivity contribution >= 4 is 33.0 Å². The topological polar surface area (TPSA) is 116 Å². The van der Waals surface area contributed by atoms with Crippen molar-refractivity contribution in [1.82, 2.24) is 14.5 Å². The smallest absolute Gasteiger partial charge is 0.286 e. The molecule has 8 nitrogen and oxygen atoms in total. The maximum Gasteiger partial charge on any atom is 0.286 e. The Balaban J connectivity index is 1.57. The average molecular weight is 458 g/mol. The lowest BCUT2D eigenvalue weighted by Gasteiger charge is -2.22. The lowest BCUT2D eigenvalue weighted by Crippen LogP contribution is -2.30. The molecule has 1 atom stereocenters. The van der Waals surface area contributed by atoms with Crippen molar-refractivity contribution in [2.75, 3.05) is 11.9 Å². The number of halogens is 1. The van der Waals surface area contributed by atoms with Crippen LogP contribution in [0.1, 0.15) is 39.3 Å². The van der Waals surface area contributed by atoms with Gasteiger partial charge in [0.1, 0.15) is 10.8 Å². The van der Waals surface area contributed by atoms with Crippen molar-refractivity contribution in [2.24, 2.45) is 0 Å². The zero-order valence-corrected chi connectivity index (χ0v) is 17.7. The second-order valence-corrected chi connectivity index (χ2v) is 9.69. The van der Waals surface area contributed by atoms with Gasteiger partial charge in [-0.15, -0.1) is 10.2 Å². The zero-order valence-electron chi connectivity index (χ0n) is 16.0. The molecular weight excluding hydrogens is 441 g/mol. The highest BCUT2D eigenvalue weighted by Crippen LogP contribution is 2.38. The number of hydrogen-bond donors (Lipinski definition) is 1. The quantitative estimate of drug-likeness (QED) is 0.628. The van der Waals surface area contributed by atoms with Crippen LogP contribution >= 0.6 is 11.3 Å². The van der Waals surface area contributed by atoms with Gasteiger partial charge in [-0.25, -0.2) is 12.8 Å². The number of nitrogens with zero attached hydrogens (tertiary/aromatic N) is 4. The van der Waals surface area contributed by atoms with Gasteiger partial charge in [0.05, 0.1) is 28.3 Å². The third-order valence-electron chi connectivity index (χ3n) is 4.82. The van der Waals surface area contributed by atoms with Gasteiger partial charge in [-0.2, -0.15) is 9.57 Å². The molecule has 0 saturated carbocycles. The summed E-state index contributed by atoms with van der Waals surface area (Å²) in [5.74, 6) is -1.20. The summed E-state index contributed by atoms with van der Waals surface area (Å²) in [6.07, 6.45) is 1.15. The number of rotatable bonds is 5. The molecule has 1 aliphatic heterocycles. The number of nitrogens with one attached hydrogen (secondary N) is 1. The molecule has 2 heterocycles. The van der Waals surface area contributed by atoms with Gasteiger partial charge in [-0.05, 0) is 43.2 Å². The van der Waals surface area contributed by atoms with Gasteiger partial charge in [0.15, 0.2) is 0 Å². The van der Waals surface area contributed by atoms with E-state index in [-0.39, 0.29) is 21.2 Å². The van der Waals surface area contributed by atoms with Crippen LogP contribution < -0.4 is 5.32 Å². The van der Waals surface area contributed by atoms with E-state index < -0.39 is 27.8 Å².